The molecule has 1 atom stereocenters. The Bertz CT molecular complexity index is 760. The number of thiophene rings is 1. The number of hydrogen-bond acceptors (Lipinski definition) is 3. The van der Waals surface area contributed by atoms with Crippen molar-refractivity contribution < 1.29 is 19.1 Å². The summed E-state index contributed by atoms with van der Waals surface area (Å²) in [5.74, 6) is -1.75. The van der Waals surface area contributed by atoms with Crippen molar-refractivity contribution in [1.82, 2.24) is 4.90 Å². The van der Waals surface area contributed by atoms with Crippen LogP contribution in [0.2, 0.25) is 0 Å². The van der Waals surface area contributed by atoms with Crippen molar-refractivity contribution in [3.05, 3.63) is 46.6 Å². The fraction of sp³-hybridized carbons (Fsp3) is 0.294. The first kappa shape index (κ1) is 18.4. The fourth-order valence-electron chi connectivity index (χ4n) is 2.78. The second-order valence-electron chi connectivity index (χ2n) is 5.70. The number of halogens is 2. The Balaban J connectivity index is 0.00000208. The number of carboxylic acids is 1. The van der Waals surface area contributed by atoms with Crippen LogP contribution in [0.4, 0.5) is 4.39 Å². The quantitative estimate of drug-likeness (QED) is 0.894. The molecule has 0 radical (unpaired) electrons. The van der Waals surface area contributed by atoms with E-state index in [1.807, 2.05) is 13.0 Å². The molecular formula is C17H17ClFNO3S. The van der Waals surface area contributed by atoms with E-state index in [1.54, 1.807) is 17.0 Å². The number of amides is 1. The first-order valence-electron chi connectivity index (χ1n) is 7.34. The van der Waals surface area contributed by atoms with Gasteiger partial charge in [-0.15, -0.1) is 23.7 Å². The van der Waals surface area contributed by atoms with E-state index in [9.17, 15) is 14.0 Å². The first-order valence-corrected chi connectivity index (χ1v) is 8.16. The molecule has 1 unspecified atom stereocenters. The molecule has 3 rings (SSSR count). The number of nitrogens with zero attached hydrogens (tertiary/aromatic N) is 1. The maximum Gasteiger partial charge on any atom is 0.308 e. The molecule has 0 bridgehead atoms. The molecule has 0 saturated carbocycles. The third-order valence-electron chi connectivity index (χ3n) is 4.06. The Labute approximate surface area is 149 Å². The number of aliphatic carboxylic acids is 1. The number of benzene rings is 1. The van der Waals surface area contributed by atoms with Crippen molar-refractivity contribution in [2.75, 3.05) is 13.1 Å². The van der Waals surface area contributed by atoms with Gasteiger partial charge in [-0.05, 0) is 42.7 Å². The van der Waals surface area contributed by atoms with Crippen LogP contribution < -0.4 is 0 Å². The van der Waals surface area contributed by atoms with E-state index in [2.05, 4.69) is 0 Å². The van der Waals surface area contributed by atoms with Crippen molar-refractivity contribution in [2.24, 2.45) is 5.92 Å². The number of carboxylic acid groups (broad SMARTS) is 1. The van der Waals surface area contributed by atoms with Gasteiger partial charge in [0.2, 0.25) is 0 Å². The van der Waals surface area contributed by atoms with E-state index < -0.39 is 11.9 Å². The zero-order valence-corrected chi connectivity index (χ0v) is 14.6. The van der Waals surface area contributed by atoms with E-state index in [0.29, 0.717) is 17.8 Å². The summed E-state index contributed by atoms with van der Waals surface area (Å²) in [6.45, 7) is 2.64. The van der Waals surface area contributed by atoms with Gasteiger partial charge in [0, 0.05) is 18.0 Å². The predicted octanol–water partition coefficient (Wildman–Crippen LogP) is 3.83. The standard InChI is InChI=1S/C17H16FNO3S.ClH/c1-10-8-14(16(20)19-7-6-12(9-19)17(21)22)23-15(10)11-2-4-13(18)5-3-11;/h2-5,8,12H,6-7,9H2,1H3,(H,21,22);1H. The molecule has 4 nitrogen and oxygen atoms in total. The maximum absolute atomic E-state index is 13.0. The number of carbonyl (C=O) groups is 2. The van der Waals surface area contributed by atoms with Gasteiger partial charge in [-0.25, -0.2) is 4.39 Å². The van der Waals surface area contributed by atoms with Gasteiger partial charge in [0.1, 0.15) is 5.82 Å². The predicted molar refractivity (Wildman–Crippen MR) is 93.3 cm³/mol. The Morgan fingerprint density at radius 3 is 2.54 bits per heavy atom. The molecule has 1 fully saturated rings. The highest BCUT2D eigenvalue weighted by molar-refractivity contribution is 7.17. The maximum atomic E-state index is 13.0. The zero-order chi connectivity index (χ0) is 16.6. The number of likely N-dealkylation sites (tertiary alicyclic amines) is 1. The molecule has 1 aliphatic heterocycles. The lowest BCUT2D eigenvalue weighted by molar-refractivity contribution is -0.141. The molecule has 1 aromatic heterocycles. The van der Waals surface area contributed by atoms with Crippen LogP contribution in [0.25, 0.3) is 10.4 Å². The summed E-state index contributed by atoms with van der Waals surface area (Å²) in [6.07, 6.45) is 0.496. The summed E-state index contributed by atoms with van der Waals surface area (Å²) in [5, 5.41) is 9.04. The number of aryl methyl sites for hydroxylation is 1. The van der Waals surface area contributed by atoms with Gasteiger partial charge >= 0.3 is 5.97 Å². The minimum Gasteiger partial charge on any atom is -0.481 e. The highest BCUT2D eigenvalue weighted by Crippen LogP contribution is 2.33. The Morgan fingerprint density at radius 2 is 1.96 bits per heavy atom. The van der Waals surface area contributed by atoms with Crippen LogP contribution in [0.15, 0.2) is 30.3 Å². The van der Waals surface area contributed by atoms with E-state index in [-0.39, 0.29) is 30.7 Å². The Morgan fingerprint density at radius 1 is 1.29 bits per heavy atom. The van der Waals surface area contributed by atoms with Crippen molar-refractivity contribution in [3.8, 4) is 10.4 Å². The monoisotopic (exact) mass is 369 g/mol. The van der Waals surface area contributed by atoms with Crippen molar-refractivity contribution in [3.63, 3.8) is 0 Å². The molecule has 7 heteroatoms. The smallest absolute Gasteiger partial charge is 0.308 e. The molecule has 2 aromatic rings. The number of rotatable bonds is 3. The van der Waals surface area contributed by atoms with Gasteiger partial charge in [-0.2, -0.15) is 0 Å². The van der Waals surface area contributed by atoms with Crippen molar-refractivity contribution in [2.45, 2.75) is 13.3 Å². The third-order valence-corrected chi connectivity index (χ3v) is 5.33. The summed E-state index contributed by atoms with van der Waals surface area (Å²) < 4.78 is 13.0. The van der Waals surface area contributed by atoms with Crippen LogP contribution in [-0.2, 0) is 4.79 Å². The van der Waals surface area contributed by atoms with Crippen molar-refractivity contribution in [1.29, 1.82) is 0 Å². The first-order chi connectivity index (χ1) is 11.0. The van der Waals surface area contributed by atoms with Gasteiger partial charge < -0.3 is 10.0 Å². The lowest BCUT2D eigenvalue weighted by Gasteiger charge is -2.14. The number of hydrogen-bond donors (Lipinski definition) is 1. The van der Waals surface area contributed by atoms with Crippen molar-refractivity contribution >= 4 is 35.6 Å². The van der Waals surface area contributed by atoms with Crippen LogP contribution >= 0.6 is 23.7 Å². The molecule has 1 aromatic carbocycles. The van der Waals surface area contributed by atoms with Crippen LogP contribution in [0.5, 0.6) is 0 Å². The lowest BCUT2D eigenvalue weighted by Crippen LogP contribution is -2.29. The van der Waals surface area contributed by atoms with Gasteiger partial charge in [-0.3, -0.25) is 9.59 Å². The minimum atomic E-state index is -0.852. The summed E-state index contributed by atoms with van der Waals surface area (Å²) in [5.41, 5.74) is 1.83. The average Bonchev–Trinajstić information content (AvgIpc) is 3.14. The molecule has 1 saturated heterocycles. The second kappa shape index (κ2) is 7.32. The molecule has 0 spiro atoms. The number of carbonyl (C=O) groups excluding carboxylic acids is 1. The molecule has 1 aliphatic rings. The Kier molecular flexibility index (Phi) is 5.62. The van der Waals surface area contributed by atoms with E-state index >= 15 is 0 Å². The summed E-state index contributed by atoms with van der Waals surface area (Å²) >= 11 is 1.36. The average molecular weight is 370 g/mol. The molecule has 128 valence electrons. The van der Waals surface area contributed by atoms with E-state index in [1.165, 1.54) is 23.5 Å². The van der Waals surface area contributed by atoms with Crippen LogP contribution in [-0.4, -0.2) is 35.0 Å². The summed E-state index contributed by atoms with van der Waals surface area (Å²) in [4.78, 5) is 26.7. The SMILES string of the molecule is Cc1cc(C(=O)N2CCC(C(=O)O)C2)sc1-c1ccc(F)cc1.Cl. The topological polar surface area (TPSA) is 57.6 Å². The zero-order valence-electron chi connectivity index (χ0n) is 13.0. The lowest BCUT2D eigenvalue weighted by atomic mass is 10.1. The molecule has 2 heterocycles. The molecule has 0 aliphatic carbocycles. The largest absolute Gasteiger partial charge is 0.481 e. The summed E-state index contributed by atoms with van der Waals surface area (Å²) in [7, 11) is 0. The van der Waals surface area contributed by atoms with Gasteiger partial charge in [0.15, 0.2) is 0 Å². The fourth-order valence-corrected chi connectivity index (χ4v) is 3.92. The molecule has 1 N–H and O–H groups in total. The van der Waals surface area contributed by atoms with E-state index in [0.717, 1.165) is 16.0 Å². The van der Waals surface area contributed by atoms with Gasteiger partial charge in [0.25, 0.3) is 5.91 Å². The summed E-state index contributed by atoms with van der Waals surface area (Å²) in [6, 6.07) is 8.00. The van der Waals surface area contributed by atoms with Crippen LogP contribution in [0, 0.1) is 18.7 Å². The van der Waals surface area contributed by atoms with Gasteiger partial charge in [-0.1, -0.05) is 12.1 Å². The van der Waals surface area contributed by atoms with Crippen LogP contribution in [0.1, 0.15) is 21.7 Å². The highest BCUT2D eigenvalue weighted by atomic mass is 35.5. The molecule has 1 amide bonds. The third kappa shape index (κ3) is 3.60. The highest BCUT2D eigenvalue weighted by Gasteiger charge is 2.32. The molecular weight excluding hydrogens is 353 g/mol. The second-order valence-corrected chi connectivity index (χ2v) is 6.76. The minimum absolute atomic E-state index is 0. The van der Waals surface area contributed by atoms with E-state index in [4.69, 9.17) is 5.11 Å². The Hall–Kier alpha value is -1.92. The molecule has 24 heavy (non-hydrogen) atoms. The van der Waals surface area contributed by atoms with Crippen LogP contribution in [0.3, 0.4) is 0 Å². The van der Waals surface area contributed by atoms with Gasteiger partial charge in [0.05, 0.1) is 10.8 Å². The normalized spacial score (nSPS) is 16.8.